The van der Waals surface area contributed by atoms with Crippen LogP contribution in [0.1, 0.15) is 10.4 Å². The van der Waals surface area contributed by atoms with Crippen LogP contribution in [-0.2, 0) is 9.53 Å². The van der Waals surface area contributed by atoms with E-state index in [4.69, 9.17) is 9.47 Å². The molecule has 0 aliphatic carbocycles. The van der Waals surface area contributed by atoms with Crippen molar-refractivity contribution >= 4 is 29.3 Å². The van der Waals surface area contributed by atoms with Crippen LogP contribution in [0.4, 0.5) is 5.69 Å². The fourth-order valence-electron chi connectivity index (χ4n) is 2.62. The normalized spacial score (nSPS) is 11.9. The van der Waals surface area contributed by atoms with Crippen LogP contribution in [0.25, 0.3) is 5.69 Å². The van der Waals surface area contributed by atoms with Crippen molar-refractivity contribution in [2.75, 3.05) is 25.0 Å². The molecule has 1 aliphatic rings. The Morgan fingerprint density at radius 3 is 2.93 bits per heavy atom. The van der Waals surface area contributed by atoms with Crippen molar-refractivity contribution in [3.05, 3.63) is 48.0 Å². The molecule has 0 spiro atoms. The van der Waals surface area contributed by atoms with E-state index in [0.717, 1.165) is 0 Å². The number of ether oxygens (including phenoxy) is 3. The lowest BCUT2D eigenvalue weighted by Crippen LogP contribution is -2.15. The highest BCUT2D eigenvalue weighted by Crippen LogP contribution is 2.34. The van der Waals surface area contributed by atoms with Crippen molar-refractivity contribution in [2.24, 2.45) is 0 Å². The summed E-state index contributed by atoms with van der Waals surface area (Å²) in [5, 5.41) is 14.8. The zero-order chi connectivity index (χ0) is 20.2. The molecule has 0 atom stereocenters. The SMILES string of the molecule is COC(=O)c1cccc(NC(=O)CSc2nnnn2-c2ccc3c(c2)OCO3)c1. The number of tetrazole rings is 1. The molecule has 3 aromatic rings. The molecule has 2 aromatic carbocycles. The minimum absolute atomic E-state index is 0.0768. The molecule has 11 heteroatoms. The molecule has 0 saturated carbocycles. The molecule has 148 valence electrons. The summed E-state index contributed by atoms with van der Waals surface area (Å²) in [6.45, 7) is 0.174. The standard InChI is InChI=1S/C18H15N5O5S/c1-26-17(25)11-3-2-4-12(7-11)19-16(24)9-29-18-20-21-22-23(18)13-5-6-14-15(8-13)28-10-27-14/h2-8H,9-10H2,1H3,(H,19,24). The first-order valence-corrected chi connectivity index (χ1v) is 9.42. The predicted octanol–water partition coefficient (Wildman–Crippen LogP) is 1.91. The molecule has 1 amide bonds. The number of nitrogens with one attached hydrogen (secondary N) is 1. The fraction of sp³-hybridized carbons (Fsp3) is 0.167. The Kier molecular flexibility index (Phi) is 5.29. The number of hydrogen-bond donors (Lipinski definition) is 1. The molecule has 4 rings (SSSR count). The smallest absolute Gasteiger partial charge is 0.337 e. The van der Waals surface area contributed by atoms with Crippen LogP contribution in [0, 0.1) is 0 Å². The second kappa shape index (κ2) is 8.19. The second-order valence-corrected chi connectivity index (χ2v) is 6.76. The summed E-state index contributed by atoms with van der Waals surface area (Å²) >= 11 is 1.18. The zero-order valence-electron chi connectivity index (χ0n) is 15.2. The van der Waals surface area contributed by atoms with Gasteiger partial charge < -0.3 is 19.5 Å². The van der Waals surface area contributed by atoms with Gasteiger partial charge in [-0.2, -0.15) is 4.68 Å². The summed E-state index contributed by atoms with van der Waals surface area (Å²) in [4.78, 5) is 23.9. The van der Waals surface area contributed by atoms with E-state index in [1.807, 2.05) is 0 Å². The van der Waals surface area contributed by atoms with E-state index < -0.39 is 5.97 Å². The first-order valence-electron chi connectivity index (χ1n) is 8.43. The highest BCUT2D eigenvalue weighted by Gasteiger charge is 2.17. The maximum atomic E-state index is 12.3. The number of carbonyl (C=O) groups is 2. The molecule has 2 heterocycles. The summed E-state index contributed by atoms with van der Waals surface area (Å²) in [5.41, 5.74) is 1.53. The lowest BCUT2D eigenvalue weighted by Gasteiger charge is -2.07. The Balaban J connectivity index is 1.41. The summed E-state index contributed by atoms with van der Waals surface area (Å²) in [6, 6.07) is 11.8. The summed E-state index contributed by atoms with van der Waals surface area (Å²) < 4.78 is 16.9. The fourth-order valence-corrected chi connectivity index (χ4v) is 3.31. The number of amides is 1. The van der Waals surface area contributed by atoms with E-state index in [0.29, 0.717) is 33.6 Å². The predicted molar refractivity (Wildman–Crippen MR) is 102 cm³/mol. The monoisotopic (exact) mass is 413 g/mol. The molecule has 0 radical (unpaired) electrons. The molecular formula is C18H15N5O5S. The van der Waals surface area contributed by atoms with Crippen LogP contribution in [0.3, 0.4) is 0 Å². The number of hydrogen-bond acceptors (Lipinski definition) is 9. The Morgan fingerprint density at radius 2 is 2.07 bits per heavy atom. The molecule has 1 N–H and O–H groups in total. The van der Waals surface area contributed by atoms with Gasteiger partial charge in [0.2, 0.25) is 17.9 Å². The topological polar surface area (TPSA) is 117 Å². The van der Waals surface area contributed by atoms with Crippen LogP contribution >= 0.6 is 11.8 Å². The molecule has 10 nitrogen and oxygen atoms in total. The lowest BCUT2D eigenvalue weighted by molar-refractivity contribution is -0.113. The Morgan fingerprint density at radius 1 is 1.21 bits per heavy atom. The number of aromatic nitrogens is 4. The average Bonchev–Trinajstić information content (AvgIpc) is 3.40. The van der Waals surface area contributed by atoms with Crippen LogP contribution < -0.4 is 14.8 Å². The van der Waals surface area contributed by atoms with Gasteiger partial charge in [0.25, 0.3) is 0 Å². The minimum Gasteiger partial charge on any atom is -0.465 e. The van der Waals surface area contributed by atoms with Crippen molar-refractivity contribution in [1.29, 1.82) is 0 Å². The Labute approximate surface area is 169 Å². The first kappa shape index (κ1) is 18.7. The molecule has 0 unspecified atom stereocenters. The lowest BCUT2D eigenvalue weighted by atomic mass is 10.2. The van der Waals surface area contributed by atoms with Crippen molar-refractivity contribution in [3.8, 4) is 17.2 Å². The Hall–Kier alpha value is -3.60. The summed E-state index contributed by atoms with van der Waals surface area (Å²) in [5.74, 6) is 0.602. The van der Waals surface area contributed by atoms with E-state index in [-0.39, 0.29) is 18.5 Å². The van der Waals surface area contributed by atoms with Gasteiger partial charge in [-0.1, -0.05) is 17.8 Å². The van der Waals surface area contributed by atoms with Crippen LogP contribution in [0.5, 0.6) is 11.5 Å². The van der Waals surface area contributed by atoms with Gasteiger partial charge in [0.1, 0.15) is 0 Å². The van der Waals surface area contributed by atoms with Gasteiger partial charge in [-0.15, -0.1) is 5.10 Å². The second-order valence-electron chi connectivity index (χ2n) is 5.82. The number of anilines is 1. The number of nitrogens with zero attached hydrogens (tertiary/aromatic N) is 4. The van der Waals surface area contributed by atoms with E-state index in [1.54, 1.807) is 42.5 Å². The van der Waals surface area contributed by atoms with Gasteiger partial charge >= 0.3 is 5.97 Å². The van der Waals surface area contributed by atoms with Gasteiger partial charge in [0.05, 0.1) is 24.1 Å². The molecule has 1 aliphatic heterocycles. The maximum Gasteiger partial charge on any atom is 0.337 e. The van der Waals surface area contributed by atoms with Gasteiger partial charge in [0, 0.05) is 11.8 Å². The van der Waals surface area contributed by atoms with Crippen LogP contribution in [0.2, 0.25) is 0 Å². The third kappa shape index (κ3) is 4.14. The van der Waals surface area contributed by atoms with Crippen LogP contribution in [-0.4, -0.2) is 51.7 Å². The number of thioether (sulfide) groups is 1. The molecule has 0 bridgehead atoms. The van der Waals surface area contributed by atoms with Crippen molar-refractivity contribution < 1.29 is 23.8 Å². The van der Waals surface area contributed by atoms with Gasteiger partial charge in [0.15, 0.2) is 11.5 Å². The molecule has 1 aromatic heterocycles. The van der Waals surface area contributed by atoms with Crippen LogP contribution in [0.15, 0.2) is 47.6 Å². The molecule has 29 heavy (non-hydrogen) atoms. The third-order valence-electron chi connectivity index (χ3n) is 3.94. The third-order valence-corrected chi connectivity index (χ3v) is 4.86. The summed E-state index contributed by atoms with van der Waals surface area (Å²) in [6.07, 6.45) is 0. The van der Waals surface area contributed by atoms with E-state index in [9.17, 15) is 9.59 Å². The van der Waals surface area contributed by atoms with Crippen molar-refractivity contribution in [1.82, 2.24) is 20.2 Å². The average molecular weight is 413 g/mol. The molecule has 0 saturated heterocycles. The highest BCUT2D eigenvalue weighted by molar-refractivity contribution is 7.99. The minimum atomic E-state index is -0.474. The number of rotatable bonds is 6. The first-order chi connectivity index (χ1) is 14.1. The maximum absolute atomic E-state index is 12.3. The van der Waals surface area contributed by atoms with Crippen molar-refractivity contribution in [2.45, 2.75) is 5.16 Å². The van der Waals surface area contributed by atoms with Crippen molar-refractivity contribution in [3.63, 3.8) is 0 Å². The number of benzene rings is 2. The summed E-state index contributed by atoms with van der Waals surface area (Å²) in [7, 11) is 1.30. The van der Waals surface area contributed by atoms with E-state index in [2.05, 4.69) is 25.6 Å². The van der Waals surface area contributed by atoms with Gasteiger partial charge in [-0.3, -0.25) is 4.79 Å². The van der Waals surface area contributed by atoms with E-state index in [1.165, 1.54) is 23.6 Å². The zero-order valence-corrected chi connectivity index (χ0v) is 16.0. The number of methoxy groups -OCH3 is 1. The number of fused-ring (bicyclic) bond motifs is 1. The number of esters is 1. The highest BCUT2D eigenvalue weighted by atomic mass is 32.2. The molecule has 0 fully saturated rings. The number of carbonyl (C=O) groups excluding carboxylic acids is 2. The van der Waals surface area contributed by atoms with Gasteiger partial charge in [-0.25, -0.2) is 4.79 Å². The molecular weight excluding hydrogens is 398 g/mol. The largest absolute Gasteiger partial charge is 0.465 e. The quantitative estimate of drug-likeness (QED) is 0.477. The van der Waals surface area contributed by atoms with E-state index >= 15 is 0 Å². The van der Waals surface area contributed by atoms with Gasteiger partial charge in [-0.05, 0) is 40.8 Å². The Bertz CT molecular complexity index is 1070.